The van der Waals surface area contributed by atoms with E-state index in [1.165, 1.54) is 12.3 Å². The van der Waals surface area contributed by atoms with Gasteiger partial charge in [0, 0.05) is 6.20 Å². The second kappa shape index (κ2) is 3.19. The van der Waals surface area contributed by atoms with Crippen molar-refractivity contribution in [3.63, 3.8) is 0 Å². The van der Waals surface area contributed by atoms with Crippen LogP contribution in [0.2, 0.25) is 0 Å². The van der Waals surface area contributed by atoms with Crippen molar-refractivity contribution in [1.29, 1.82) is 10.5 Å². The van der Waals surface area contributed by atoms with E-state index in [1.54, 1.807) is 13.0 Å². The highest BCUT2D eigenvalue weighted by Gasteiger charge is 2.46. The van der Waals surface area contributed by atoms with Gasteiger partial charge in [-0.05, 0) is 6.92 Å². The Morgan fingerprint density at radius 2 is 2.36 bits per heavy atom. The van der Waals surface area contributed by atoms with E-state index in [2.05, 4.69) is 10.3 Å². The second-order valence-electron chi connectivity index (χ2n) is 2.67. The predicted molar refractivity (Wildman–Crippen MR) is 45.9 cm³/mol. The summed E-state index contributed by atoms with van der Waals surface area (Å²) in [6, 6.07) is 3.13. The number of nitrogens with one attached hydrogen (secondary N) is 1. The van der Waals surface area contributed by atoms with Gasteiger partial charge in [0.15, 0.2) is 5.71 Å². The fourth-order valence-electron chi connectivity index (χ4n) is 0.978. The summed E-state index contributed by atoms with van der Waals surface area (Å²) in [7, 11) is 0. The number of carboxylic acids is 1. The lowest BCUT2D eigenvalue weighted by molar-refractivity contribution is -0.139. The number of aliphatic carboxylic acids is 1. The molecule has 2 N–H and O–H groups in total. The fourth-order valence-corrected chi connectivity index (χ4v) is 0.978. The van der Waals surface area contributed by atoms with Gasteiger partial charge in [-0.25, -0.2) is 9.79 Å². The largest absolute Gasteiger partial charge is 0.478 e. The van der Waals surface area contributed by atoms with Gasteiger partial charge in [-0.1, -0.05) is 0 Å². The molecule has 1 rings (SSSR count). The van der Waals surface area contributed by atoms with Crippen molar-refractivity contribution in [3.05, 3.63) is 11.9 Å². The van der Waals surface area contributed by atoms with Crippen LogP contribution >= 0.6 is 0 Å². The molecule has 70 valence electrons. The Balaban J connectivity index is 3.30. The van der Waals surface area contributed by atoms with E-state index in [9.17, 15) is 4.79 Å². The number of hydrogen-bond donors (Lipinski definition) is 2. The quantitative estimate of drug-likeness (QED) is 0.593. The molecule has 0 radical (unpaired) electrons. The average molecular weight is 190 g/mol. The number of carbonyl (C=O) groups is 1. The van der Waals surface area contributed by atoms with Crippen molar-refractivity contribution in [3.8, 4) is 12.1 Å². The van der Waals surface area contributed by atoms with Crippen LogP contribution in [0.15, 0.2) is 16.9 Å². The van der Waals surface area contributed by atoms with Crippen LogP contribution < -0.4 is 5.32 Å². The normalized spacial score (nSPS) is 24.8. The van der Waals surface area contributed by atoms with Gasteiger partial charge in [-0.15, -0.1) is 0 Å². The first-order valence-electron chi connectivity index (χ1n) is 3.65. The Labute approximate surface area is 79.8 Å². The van der Waals surface area contributed by atoms with E-state index in [0.717, 1.165) is 0 Å². The van der Waals surface area contributed by atoms with E-state index in [4.69, 9.17) is 15.6 Å². The third-order valence-electron chi connectivity index (χ3n) is 1.74. The molecule has 0 aromatic carbocycles. The van der Waals surface area contributed by atoms with Gasteiger partial charge in [0.25, 0.3) is 5.54 Å². The summed E-state index contributed by atoms with van der Waals surface area (Å²) in [4.78, 5) is 14.5. The second-order valence-corrected chi connectivity index (χ2v) is 2.67. The van der Waals surface area contributed by atoms with Crippen LogP contribution in [-0.4, -0.2) is 22.3 Å². The lowest BCUT2D eigenvalue weighted by Crippen LogP contribution is -2.56. The number of allylic oxidation sites excluding steroid dienone is 1. The summed E-state index contributed by atoms with van der Waals surface area (Å²) in [6.07, 6.45) is 1.29. The summed E-state index contributed by atoms with van der Waals surface area (Å²) in [5, 5.41) is 28.6. The molecule has 0 saturated carbocycles. The van der Waals surface area contributed by atoms with Crippen molar-refractivity contribution in [2.45, 2.75) is 12.5 Å². The number of hydrogen-bond acceptors (Lipinski definition) is 5. The Hall–Kier alpha value is -2.34. The number of aliphatic imine (C=N–C) groups is 1. The maximum Gasteiger partial charge on any atom is 0.351 e. The molecule has 1 heterocycles. The van der Waals surface area contributed by atoms with Crippen LogP contribution in [0.5, 0.6) is 0 Å². The van der Waals surface area contributed by atoms with Crippen molar-refractivity contribution >= 4 is 11.7 Å². The van der Waals surface area contributed by atoms with Crippen molar-refractivity contribution in [1.82, 2.24) is 5.32 Å². The van der Waals surface area contributed by atoms with E-state index in [1.807, 2.05) is 0 Å². The van der Waals surface area contributed by atoms with Crippen LogP contribution in [0, 0.1) is 22.7 Å². The van der Waals surface area contributed by atoms with Gasteiger partial charge >= 0.3 is 5.97 Å². The molecule has 0 bridgehead atoms. The zero-order chi connectivity index (χ0) is 10.8. The van der Waals surface area contributed by atoms with Crippen LogP contribution in [-0.2, 0) is 4.79 Å². The molecule has 0 spiro atoms. The van der Waals surface area contributed by atoms with Crippen LogP contribution in [0.1, 0.15) is 6.92 Å². The molecule has 0 saturated heterocycles. The first-order chi connectivity index (χ1) is 6.56. The van der Waals surface area contributed by atoms with Gasteiger partial charge in [-0.3, -0.25) is 0 Å². The van der Waals surface area contributed by atoms with Crippen LogP contribution in [0.3, 0.4) is 0 Å². The fraction of sp³-hybridized carbons (Fsp3) is 0.250. The number of rotatable bonds is 1. The van der Waals surface area contributed by atoms with Gasteiger partial charge < -0.3 is 10.4 Å². The minimum absolute atomic E-state index is 0.354. The first-order valence-corrected chi connectivity index (χ1v) is 3.65. The van der Waals surface area contributed by atoms with E-state index < -0.39 is 11.5 Å². The molecule has 0 aromatic heterocycles. The SMILES string of the molecule is CC1=CNC(C#N)(C(=O)O)C(C#N)=N1. The molecule has 1 aliphatic rings. The molecule has 1 atom stereocenters. The zero-order valence-electron chi connectivity index (χ0n) is 7.27. The Kier molecular flexibility index (Phi) is 2.22. The minimum Gasteiger partial charge on any atom is -0.478 e. The smallest absolute Gasteiger partial charge is 0.351 e. The van der Waals surface area contributed by atoms with Gasteiger partial charge in [0.05, 0.1) is 5.70 Å². The molecule has 0 aromatic rings. The predicted octanol–water partition coefficient (Wildman–Crippen LogP) is -0.238. The third-order valence-corrected chi connectivity index (χ3v) is 1.74. The standard InChI is InChI=1S/C8H6N4O2/c1-5-3-11-8(4-10,7(13)14)6(2-9)12-5/h3,11H,1H3,(H,13,14). The molecular weight excluding hydrogens is 184 g/mol. The van der Waals surface area contributed by atoms with Crippen molar-refractivity contribution in [2.24, 2.45) is 4.99 Å². The summed E-state index contributed by atoms with van der Waals surface area (Å²) < 4.78 is 0. The molecular formula is C8H6N4O2. The summed E-state index contributed by atoms with van der Waals surface area (Å²) in [6.45, 7) is 1.59. The summed E-state index contributed by atoms with van der Waals surface area (Å²) >= 11 is 0. The number of nitrogens with zero attached hydrogens (tertiary/aromatic N) is 3. The molecule has 0 aliphatic carbocycles. The van der Waals surface area contributed by atoms with Crippen LogP contribution in [0.25, 0.3) is 0 Å². The maximum atomic E-state index is 10.8. The first kappa shape index (κ1) is 9.75. The average Bonchev–Trinajstić information content (AvgIpc) is 2.17. The number of nitriles is 2. The van der Waals surface area contributed by atoms with E-state index in [-0.39, 0.29) is 5.71 Å². The van der Waals surface area contributed by atoms with E-state index in [0.29, 0.717) is 5.70 Å². The van der Waals surface area contributed by atoms with Gasteiger partial charge in [-0.2, -0.15) is 10.5 Å². The van der Waals surface area contributed by atoms with Gasteiger partial charge in [0.1, 0.15) is 12.1 Å². The highest BCUT2D eigenvalue weighted by atomic mass is 16.4. The summed E-state index contributed by atoms with van der Waals surface area (Å²) in [5.74, 6) is -1.44. The monoisotopic (exact) mass is 190 g/mol. The molecule has 14 heavy (non-hydrogen) atoms. The third kappa shape index (κ3) is 1.19. The lowest BCUT2D eigenvalue weighted by Gasteiger charge is -2.23. The minimum atomic E-state index is -2.05. The molecule has 6 nitrogen and oxygen atoms in total. The van der Waals surface area contributed by atoms with Crippen LogP contribution in [0.4, 0.5) is 0 Å². The Morgan fingerprint density at radius 3 is 2.79 bits per heavy atom. The number of carboxylic acid groups (broad SMARTS) is 1. The molecule has 0 amide bonds. The molecule has 0 fully saturated rings. The maximum absolute atomic E-state index is 10.8. The molecule has 1 unspecified atom stereocenters. The highest BCUT2D eigenvalue weighted by molar-refractivity contribution is 6.21. The lowest BCUT2D eigenvalue weighted by atomic mass is 9.94. The summed E-state index contributed by atoms with van der Waals surface area (Å²) in [5.41, 5.74) is -1.95. The highest BCUT2D eigenvalue weighted by Crippen LogP contribution is 2.14. The topological polar surface area (TPSA) is 109 Å². The van der Waals surface area contributed by atoms with Gasteiger partial charge in [0.2, 0.25) is 0 Å². The Bertz CT molecular complexity index is 424. The van der Waals surface area contributed by atoms with E-state index >= 15 is 0 Å². The van der Waals surface area contributed by atoms with Crippen molar-refractivity contribution in [2.75, 3.05) is 0 Å². The molecule has 1 aliphatic heterocycles. The Morgan fingerprint density at radius 1 is 1.71 bits per heavy atom. The van der Waals surface area contributed by atoms with Crippen molar-refractivity contribution < 1.29 is 9.90 Å². The zero-order valence-corrected chi connectivity index (χ0v) is 7.27. The molecule has 6 heteroatoms.